The molecule has 5 heteroatoms. The van der Waals surface area contributed by atoms with Gasteiger partial charge >= 0.3 is 0 Å². The number of aromatic nitrogens is 1. The Morgan fingerprint density at radius 2 is 1.62 bits per heavy atom. The van der Waals surface area contributed by atoms with Crippen LogP contribution in [-0.4, -0.2) is 31.2 Å². The van der Waals surface area contributed by atoms with Gasteiger partial charge in [-0.3, -0.25) is 0 Å². The highest BCUT2D eigenvalue weighted by Crippen LogP contribution is 2.19. The van der Waals surface area contributed by atoms with Crippen LogP contribution < -0.4 is 9.80 Å². The van der Waals surface area contributed by atoms with Crippen LogP contribution in [-0.2, 0) is 0 Å². The Bertz CT molecular complexity index is 655. The quantitative estimate of drug-likeness (QED) is 0.848. The number of benzene rings is 1. The number of halogens is 1. The molecule has 1 fully saturated rings. The van der Waals surface area contributed by atoms with Gasteiger partial charge in [0.15, 0.2) is 0 Å². The molecule has 0 spiro atoms. The summed E-state index contributed by atoms with van der Waals surface area (Å²) in [4.78, 5) is 8.71. The second-order valence-corrected chi connectivity index (χ2v) is 4.94. The van der Waals surface area contributed by atoms with Gasteiger partial charge in [0.05, 0.1) is 0 Å². The molecule has 2 aromatic rings. The van der Waals surface area contributed by atoms with Crippen molar-refractivity contribution in [2.24, 2.45) is 0 Å². The Morgan fingerprint density at radius 1 is 0.952 bits per heavy atom. The summed E-state index contributed by atoms with van der Waals surface area (Å²) in [6, 6.07) is 14.1. The summed E-state index contributed by atoms with van der Waals surface area (Å²) >= 11 is 0. The summed E-state index contributed by atoms with van der Waals surface area (Å²) in [5.41, 5.74) is 1.48. The Balaban J connectivity index is 1.67. The third-order valence-electron chi connectivity index (χ3n) is 3.64. The minimum Gasteiger partial charge on any atom is -0.368 e. The van der Waals surface area contributed by atoms with Crippen LogP contribution in [0.2, 0.25) is 0 Å². The number of nitrogens with zero attached hydrogens (tertiary/aromatic N) is 4. The van der Waals surface area contributed by atoms with E-state index >= 15 is 0 Å². The molecule has 3 rings (SSSR count). The lowest BCUT2D eigenvalue weighted by Gasteiger charge is -2.36. The normalized spacial score (nSPS) is 14.9. The largest absolute Gasteiger partial charge is 0.368 e. The highest BCUT2D eigenvalue weighted by atomic mass is 19.1. The SMILES string of the molecule is N#Cc1cccc(N2CCN(c3ccc(F)cc3)CC2)n1. The van der Waals surface area contributed by atoms with Gasteiger partial charge in [0, 0.05) is 31.9 Å². The van der Waals surface area contributed by atoms with E-state index in [0.717, 1.165) is 37.7 Å². The van der Waals surface area contributed by atoms with Crippen LogP contribution in [0.4, 0.5) is 15.9 Å². The highest BCUT2D eigenvalue weighted by molar-refractivity contribution is 5.49. The number of rotatable bonds is 2. The van der Waals surface area contributed by atoms with Crippen LogP contribution in [0.1, 0.15) is 5.69 Å². The van der Waals surface area contributed by atoms with Gasteiger partial charge < -0.3 is 9.80 Å². The van der Waals surface area contributed by atoms with Gasteiger partial charge in [0.25, 0.3) is 0 Å². The smallest absolute Gasteiger partial charge is 0.142 e. The van der Waals surface area contributed by atoms with E-state index in [1.807, 2.05) is 12.1 Å². The predicted molar refractivity (Wildman–Crippen MR) is 79.8 cm³/mol. The summed E-state index contributed by atoms with van der Waals surface area (Å²) in [6.45, 7) is 3.37. The van der Waals surface area contributed by atoms with E-state index in [2.05, 4.69) is 20.9 Å². The molecule has 21 heavy (non-hydrogen) atoms. The van der Waals surface area contributed by atoms with E-state index in [0.29, 0.717) is 5.69 Å². The van der Waals surface area contributed by atoms with Gasteiger partial charge in [-0.25, -0.2) is 9.37 Å². The zero-order valence-electron chi connectivity index (χ0n) is 11.5. The second-order valence-electron chi connectivity index (χ2n) is 4.94. The van der Waals surface area contributed by atoms with Crippen LogP contribution >= 0.6 is 0 Å². The Morgan fingerprint density at radius 3 is 2.29 bits per heavy atom. The molecule has 1 aliphatic rings. The number of nitriles is 1. The van der Waals surface area contributed by atoms with Crippen molar-refractivity contribution in [1.82, 2.24) is 4.98 Å². The average molecular weight is 282 g/mol. The Labute approximate surface area is 123 Å². The van der Waals surface area contributed by atoms with Gasteiger partial charge in [-0.2, -0.15) is 5.26 Å². The van der Waals surface area contributed by atoms with Crippen molar-refractivity contribution in [3.05, 3.63) is 54.0 Å². The fourth-order valence-electron chi connectivity index (χ4n) is 2.51. The van der Waals surface area contributed by atoms with E-state index in [1.54, 1.807) is 18.2 Å². The average Bonchev–Trinajstić information content (AvgIpc) is 2.56. The van der Waals surface area contributed by atoms with Crippen LogP contribution in [0.5, 0.6) is 0 Å². The van der Waals surface area contributed by atoms with E-state index in [-0.39, 0.29) is 5.82 Å². The first-order valence-electron chi connectivity index (χ1n) is 6.89. The van der Waals surface area contributed by atoms with Gasteiger partial charge in [-0.1, -0.05) is 6.07 Å². The highest BCUT2D eigenvalue weighted by Gasteiger charge is 2.18. The first-order valence-corrected chi connectivity index (χ1v) is 6.89. The summed E-state index contributed by atoms with van der Waals surface area (Å²) in [5, 5.41) is 8.90. The molecule has 1 aromatic heterocycles. The maximum absolute atomic E-state index is 12.9. The Kier molecular flexibility index (Phi) is 3.69. The summed E-state index contributed by atoms with van der Waals surface area (Å²) in [5.74, 6) is 0.628. The van der Waals surface area contributed by atoms with E-state index in [4.69, 9.17) is 5.26 Å². The first kappa shape index (κ1) is 13.4. The van der Waals surface area contributed by atoms with Crippen LogP contribution in [0, 0.1) is 17.1 Å². The molecule has 1 aliphatic heterocycles. The van der Waals surface area contributed by atoms with E-state index in [1.165, 1.54) is 12.1 Å². The third kappa shape index (κ3) is 2.95. The number of hydrogen-bond acceptors (Lipinski definition) is 4. The molecule has 106 valence electrons. The fraction of sp³-hybridized carbons (Fsp3) is 0.250. The molecule has 1 saturated heterocycles. The minimum atomic E-state index is -0.213. The lowest BCUT2D eigenvalue weighted by atomic mass is 10.2. The van der Waals surface area contributed by atoms with Crippen molar-refractivity contribution >= 4 is 11.5 Å². The molecule has 0 aliphatic carbocycles. The maximum Gasteiger partial charge on any atom is 0.142 e. The predicted octanol–water partition coefficient (Wildman–Crippen LogP) is 2.42. The standard InChI is InChI=1S/C16H15FN4/c17-13-4-6-15(7-5-13)20-8-10-21(11-9-20)16-3-1-2-14(12-18)19-16/h1-7H,8-11H2. The molecular formula is C16H15FN4. The van der Waals surface area contributed by atoms with Crippen molar-refractivity contribution in [2.75, 3.05) is 36.0 Å². The number of anilines is 2. The molecule has 0 atom stereocenters. The first-order chi connectivity index (χ1) is 10.3. The van der Waals surface area contributed by atoms with Gasteiger partial charge in [0.1, 0.15) is 23.4 Å². The van der Waals surface area contributed by atoms with Crippen molar-refractivity contribution < 1.29 is 4.39 Å². The van der Waals surface area contributed by atoms with Crippen molar-refractivity contribution in [3.63, 3.8) is 0 Å². The zero-order valence-corrected chi connectivity index (χ0v) is 11.5. The van der Waals surface area contributed by atoms with Crippen molar-refractivity contribution in [1.29, 1.82) is 5.26 Å². The van der Waals surface area contributed by atoms with E-state index < -0.39 is 0 Å². The lowest BCUT2D eigenvalue weighted by Crippen LogP contribution is -2.46. The van der Waals surface area contributed by atoms with Crippen LogP contribution in [0.15, 0.2) is 42.5 Å². The van der Waals surface area contributed by atoms with Gasteiger partial charge in [-0.05, 0) is 36.4 Å². The van der Waals surface area contributed by atoms with Gasteiger partial charge in [0.2, 0.25) is 0 Å². The Hall–Kier alpha value is -2.61. The monoisotopic (exact) mass is 282 g/mol. The molecule has 0 bridgehead atoms. The summed E-state index contributed by atoms with van der Waals surface area (Å²) < 4.78 is 12.9. The number of pyridine rings is 1. The van der Waals surface area contributed by atoms with E-state index in [9.17, 15) is 4.39 Å². The lowest BCUT2D eigenvalue weighted by molar-refractivity contribution is 0.624. The third-order valence-corrected chi connectivity index (χ3v) is 3.64. The molecule has 4 nitrogen and oxygen atoms in total. The molecule has 0 amide bonds. The van der Waals surface area contributed by atoms with Crippen LogP contribution in [0.3, 0.4) is 0 Å². The van der Waals surface area contributed by atoms with Crippen LogP contribution in [0.25, 0.3) is 0 Å². The zero-order chi connectivity index (χ0) is 14.7. The van der Waals surface area contributed by atoms with Crippen molar-refractivity contribution in [2.45, 2.75) is 0 Å². The summed E-state index contributed by atoms with van der Waals surface area (Å²) in [7, 11) is 0. The molecule has 2 heterocycles. The second kappa shape index (κ2) is 5.80. The molecular weight excluding hydrogens is 267 g/mol. The molecule has 0 radical (unpaired) electrons. The maximum atomic E-state index is 12.9. The molecule has 0 saturated carbocycles. The van der Waals surface area contributed by atoms with Crippen molar-refractivity contribution in [3.8, 4) is 6.07 Å². The van der Waals surface area contributed by atoms with Gasteiger partial charge in [-0.15, -0.1) is 0 Å². The fourth-order valence-corrected chi connectivity index (χ4v) is 2.51. The molecule has 0 unspecified atom stereocenters. The number of piperazine rings is 1. The number of hydrogen-bond donors (Lipinski definition) is 0. The molecule has 0 N–H and O–H groups in total. The minimum absolute atomic E-state index is 0.213. The summed E-state index contributed by atoms with van der Waals surface area (Å²) in [6.07, 6.45) is 0. The molecule has 1 aromatic carbocycles. The topological polar surface area (TPSA) is 43.2 Å².